The maximum absolute atomic E-state index is 12.9. The minimum atomic E-state index is -5.06. The topological polar surface area (TPSA) is 178 Å². The number of aliphatic hydroxyl groups excluding tert-OH is 3. The highest BCUT2D eigenvalue weighted by Gasteiger charge is 2.48. The number of ether oxygens (including phenoxy) is 4. The van der Waals surface area contributed by atoms with Gasteiger partial charge in [-0.2, -0.15) is 8.42 Å². The quantitative estimate of drug-likeness (QED) is 0.0197. The van der Waals surface area contributed by atoms with Crippen molar-refractivity contribution >= 4 is 16.4 Å². The molecule has 1 aliphatic rings. The molecule has 1 saturated heterocycles. The zero-order valence-corrected chi connectivity index (χ0v) is 43.0. The highest BCUT2D eigenvalue weighted by atomic mass is 32.3. The van der Waals surface area contributed by atoms with Gasteiger partial charge in [0.05, 0.1) is 19.8 Å². The van der Waals surface area contributed by atoms with Crippen LogP contribution in [-0.2, 0) is 38.3 Å². The summed E-state index contributed by atoms with van der Waals surface area (Å²) in [5.41, 5.74) is 0. The van der Waals surface area contributed by atoms with E-state index < -0.39 is 59.8 Å². The lowest BCUT2D eigenvalue weighted by atomic mass is 9.99. The van der Waals surface area contributed by atoms with Crippen LogP contribution in [0.15, 0.2) is 48.6 Å². The molecule has 0 bridgehead atoms. The van der Waals surface area contributed by atoms with Gasteiger partial charge in [-0.15, -0.1) is 0 Å². The number of hydrogen-bond acceptors (Lipinski definition) is 11. The molecule has 13 heteroatoms. The van der Waals surface area contributed by atoms with E-state index in [9.17, 15) is 33.1 Å². The predicted octanol–water partition coefficient (Wildman–Crippen LogP) is 12.7. The van der Waals surface area contributed by atoms with Gasteiger partial charge < -0.3 is 34.3 Å². The van der Waals surface area contributed by atoms with Crippen molar-refractivity contribution in [1.29, 1.82) is 0 Å². The van der Waals surface area contributed by atoms with Gasteiger partial charge in [0.1, 0.15) is 30.5 Å². The number of unbranched alkanes of at least 4 members (excludes halogenated alkanes) is 26. The highest BCUT2D eigenvalue weighted by Crippen LogP contribution is 2.26. The van der Waals surface area contributed by atoms with E-state index in [1.165, 1.54) is 135 Å². The largest absolute Gasteiger partial charge is 0.457 e. The van der Waals surface area contributed by atoms with Crippen LogP contribution in [0, 0.1) is 0 Å². The van der Waals surface area contributed by atoms with Crippen LogP contribution in [-0.4, -0.2) is 97.5 Å². The smallest absolute Gasteiger partial charge is 0.397 e. The van der Waals surface area contributed by atoms with E-state index in [4.69, 9.17) is 18.9 Å². The number of hydrogen-bond donors (Lipinski definition) is 4. The molecule has 0 radical (unpaired) electrons. The molecule has 12 nitrogen and oxygen atoms in total. The number of esters is 1. The summed E-state index contributed by atoms with van der Waals surface area (Å²) in [6.07, 6.45) is 47.1. The van der Waals surface area contributed by atoms with Crippen LogP contribution >= 0.6 is 0 Å². The lowest BCUT2D eigenvalue weighted by Crippen LogP contribution is -2.60. The average Bonchev–Trinajstić information content (AvgIpc) is 3.30. The summed E-state index contributed by atoms with van der Waals surface area (Å²) >= 11 is 0. The Morgan fingerprint density at radius 2 is 1.03 bits per heavy atom. The molecule has 0 spiro atoms. The third kappa shape index (κ3) is 38.5. The third-order valence-electron chi connectivity index (χ3n) is 12.2. The molecule has 0 aromatic rings. The molecule has 0 aromatic carbocycles. The molecule has 6 unspecified atom stereocenters. The lowest BCUT2D eigenvalue weighted by Gasteiger charge is -2.41. The van der Waals surface area contributed by atoms with Gasteiger partial charge in [-0.1, -0.05) is 217 Å². The van der Waals surface area contributed by atoms with Gasteiger partial charge in [0.2, 0.25) is 0 Å². The summed E-state index contributed by atoms with van der Waals surface area (Å²) in [6, 6.07) is 0. The summed E-state index contributed by atoms with van der Waals surface area (Å²) in [5.74, 6) is -0.399. The summed E-state index contributed by atoms with van der Waals surface area (Å²) < 4.78 is 59.3. The number of aliphatic hydroxyl groups is 3. The van der Waals surface area contributed by atoms with Crippen molar-refractivity contribution in [2.24, 2.45) is 0 Å². The van der Waals surface area contributed by atoms with E-state index in [2.05, 4.69) is 66.6 Å². The van der Waals surface area contributed by atoms with Gasteiger partial charge in [0, 0.05) is 13.0 Å². The Morgan fingerprint density at radius 3 is 1.51 bits per heavy atom. The number of carbonyl (C=O) groups is 1. The van der Waals surface area contributed by atoms with Crippen molar-refractivity contribution in [3.05, 3.63) is 48.6 Å². The molecule has 0 amide bonds. The van der Waals surface area contributed by atoms with E-state index in [1.807, 2.05) is 0 Å². The Hall–Kier alpha value is -1.94. The zero-order valence-electron chi connectivity index (χ0n) is 42.2. The van der Waals surface area contributed by atoms with Crippen molar-refractivity contribution < 1.29 is 56.2 Å². The van der Waals surface area contributed by atoms with E-state index in [1.54, 1.807) is 0 Å². The van der Waals surface area contributed by atoms with Gasteiger partial charge in [0.15, 0.2) is 6.29 Å². The Balaban J connectivity index is 2.30. The summed E-state index contributed by atoms with van der Waals surface area (Å²) in [7, 11) is -5.06. The Bertz CT molecular complexity index is 1350. The molecule has 0 aliphatic carbocycles. The van der Waals surface area contributed by atoms with Gasteiger partial charge >= 0.3 is 16.4 Å². The summed E-state index contributed by atoms with van der Waals surface area (Å²) in [6.45, 7) is 3.91. The maximum Gasteiger partial charge on any atom is 0.397 e. The number of allylic oxidation sites excluding steroid dienone is 8. The first-order valence-corrected chi connectivity index (χ1v) is 28.3. The van der Waals surface area contributed by atoms with E-state index in [0.29, 0.717) is 13.0 Å². The Morgan fingerprint density at radius 1 is 0.582 bits per heavy atom. The van der Waals surface area contributed by atoms with Gasteiger partial charge in [0.25, 0.3) is 0 Å². The van der Waals surface area contributed by atoms with Crippen LogP contribution < -0.4 is 0 Å². The molecular formula is C54H98O12S. The van der Waals surface area contributed by atoms with Crippen LogP contribution in [0.25, 0.3) is 0 Å². The summed E-state index contributed by atoms with van der Waals surface area (Å²) in [5, 5.41) is 30.8. The minimum Gasteiger partial charge on any atom is -0.457 e. The monoisotopic (exact) mass is 971 g/mol. The molecule has 6 atom stereocenters. The van der Waals surface area contributed by atoms with E-state index >= 15 is 0 Å². The second-order valence-corrected chi connectivity index (χ2v) is 19.5. The zero-order chi connectivity index (χ0) is 48.9. The van der Waals surface area contributed by atoms with Gasteiger partial charge in [-0.25, -0.2) is 4.18 Å². The molecule has 1 fully saturated rings. The Labute approximate surface area is 408 Å². The number of rotatable bonds is 47. The van der Waals surface area contributed by atoms with Crippen LogP contribution in [0.1, 0.15) is 226 Å². The van der Waals surface area contributed by atoms with Crippen molar-refractivity contribution in [1.82, 2.24) is 0 Å². The molecule has 1 heterocycles. The Kier molecular flexibility index (Phi) is 42.6. The van der Waals surface area contributed by atoms with E-state index in [0.717, 1.165) is 64.2 Å². The fraction of sp³-hybridized carbons (Fsp3) is 0.833. The molecular weight excluding hydrogens is 873 g/mol. The summed E-state index contributed by atoms with van der Waals surface area (Å²) in [4.78, 5) is 12.9. The van der Waals surface area contributed by atoms with Crippen molar-refractivity contribution in [2.75, 3.05) is 26.4 Å². The first kappa shape index (κ1) is 63.1. The SMILES string of the molecule is CC/C=C\C/C=C\C/C=C\C/C=C\CCCCCCCCCCCCCCC(=O)OC(COCCCCCCCCCCCCCCCCC)COC1OC(CO)C(O)C(OS(=O)(=O)O)C1O. The fourth-order valence-corrected chi connectivity index (χ4v) is 8.70. The average molecular weight is 971 g/mol. The maximum atomic E-state index is 12.9. The second kappa shape index (κ2) is 45.2. The predicted molar refractivity (Wildman–Crippen MR) is 271 cm³/mol. The molecule has 67 heavy (non-hydrogen) atoms. The van der Waals surface area contributed by atoms with Crippen molar-refractivity contribution in [3.63, 3.8) is 0 Å². The van der Waals surface area contributed by atoms with E-state index in [-0.39, 0.29) is 19.6 Å². The first-order valence-electron chi connectivity index (χ1n) is 26.9. The van der Waals surface area contributed by atoms with Crippen LogP contribution in [0.4, 0.5) is 0 Å². The molecule has 1 aliphatic heterocycles. The normalized spacial score (nSPS) is 19.8. The molecule has 4 N–H and O–H groups in total. The fourth-order valence-electron chi connectivity index (χ4n) is 8.20. The highest BCUT2D eigenvalue weighted by molar-refractivity contribution is 7.80. The van der Waals surface area contributed by atoms with Gasteiger partial charge in [-0.05, 0) is 51.4 Å². The molecule has 1 rings (SSSR count). The van der Waals surface area contributed by atoms with Crippen LogP contribution in [0.2, 0.25) is 0 Å². The number of carbonyl (C=O) groups excluding carboxylic acids is 1. The van der Waals surface area contributed by atoms with Crippen molar-refractivity contribution in [2.45, 2.75) is 263 Å². The molecule has 0 aromatic heterocycles. The standard InChI is InChI=1S/C54H98O12S/c1-3-5-7-9-11-13-15-17-19-20-21-22-23-24-25-26-27-28-29-31-33-35-37-39-41-43-50(56)64-48(47-63-54-52(58)53(66-67(59,60)61)51(57)49(45-55)65-54)46-62-44-42-40-38-36-34-32-30-18-16-14-12-10-8-6-4-2/h5,7,11,13,17,19,21-22,48-49,51-55,57-58H,3-4,6,8-10,12,14-16,18,20,23-47H2,1-2H3,(H,59,60,61)/b7-5-,13-11-,19-17-,22-21-. The second-order valence-electron chi connectivity index (χ2n) is 18.4. The van der Waals surface area contributed by atoms with Crippen LogP contribution in [0.5, 0.6) is 0 Å². The van der Waals surface area contributed by atoms with Gasteiger partial charge in [-0.3, -0.25) is 9.35 Å². The molecule has 392 valence electrons. The third-order valence-corrected chi connectivity index (χ3v) is 12.7. The van der Waals surface area contributed by atoms with Crippen LogP contribution in [0.3, 0.4) is 0 Å². The van der Waals surface area contributed by atoms with Crippen molar-refractivity contribution in [3.8, 4) is 0 Å². The minimum absolute atomic E-state index is 0.0379. The lowest BCUT2D eigenvalue weighted by molar-refractivity contribution is -0.301. The first-order chi connectivity index (χ1) is 32.6. The molecule has 0 saturated carbocycles.